The van der Waals surface area contributed by atoms with Crippen molar-refractivity contribution >= 4 is 64.1 Å². The van der Waals surface area contributed by atoms with E-state index in [1.54, 1.807) is 0 Å². The van der Waals surface area contributed by atoms with Gasteiger partial charge in [-0.1, -0.05) is 48.2 Å². The quantitative estimate of drug-likeness (QED) is 0.194. The molecule has 0 bridgehead atoms. The monoisotopic (exact) mass is 556 g/mol. The molecule has 0 saturated heterocycles. The molecule has 15 heteroatoms. The minimum Gasteiger partial charge on any atom is -0.744 e. The molecule has 3 rings (SSSR count). The van der Waals surface area contributed by atoms with Gasteiger partial charge in [0.25, 0.3) is 20.2 Å². The number of hydrogen-bond acceptors (Lipinski definition) is 8. The van der Waals surface area contributed by atoms with Gasteiger partial charge in [-0.3, -0.25) is 9.11 Å². The summed E-state index contributed by atoms with van der Waals surface area (Å²) in [5.41, 5.74) is 0. The van der Waals surface area contributed by atoms with Crippen LogP contribution in [0.15, 0.2) is 87.5 Å². The van der Waals surface area contributed by atoms with Gasteiger partial charge in [0.1, 0.15) is 10.1 Å². The summed E-state index contributed by atoms with van der Waals surface area (Å²) in [5, 5.41) is 0.468. The predicted octanol–water partition coefficient (Wildman–Crippen LogP) is -2.16. The second-order valence-electron chi connectivity index (χ2n) is 6.51. The maximum Gasteiger partial charge on any atom is 1.00 e. The summed E-state index contributed by atoms with van der Waals surface area (Å²) in [6.45, 7) is 0. The molecule has 0 aliphatic rings. The van der Waals surface area contributed by atoms with Crippen molar-refractivity contribution in [1.82, 2.24) is 0 Å². The maximum atomic E-state index is 11.7. The average Bonchev–Trinajstić information content (AvgIpc) is 2.71. The number of rotatable bonds is 6. The van der Waals surface area contributed by atoms with E-state index in [0.717, 1.165) is 36.4 Å². The molecule has 0 amide bonds. The smallest absolute Gasteiger partial charge is 0.744 e. The van der Waals surface area contributed by atoms with Crippen molar-refractivity contribution in [3.8, 4) is 0 Å². The molecule has 0 aliphatic heterocycles. The Kier molecular flexibility index (Phi) is 8.53. The Morgan fingerprint density at radius 2 is 0.939 bits per heavy atom. The first-order chi connectivity index (χ1) is 14.6. The molecule has 3 aromatic carbocycles. The van der Waals surface area contributed by atoms with Gasteiger partial charge in [-0.15, -0.1) is 0 Å². The molecular formula is C18H14NaO9PS4. The van der Waals surface area contributed by atoms with Gasteiger partial charge >= 0.3 is 29.6 Å². The van der Waals surface area contributed by atoms with Gasteiger partial charge in [0.05, 0.1) is 14.7 Å². The summed E-state index contributed by atoms with van der Waals surface area (Å²) >= 11 is 5.91. The molecule has 0 spiro atoms. The largest absolute Gasteiger partial charge is 1.00 e. The zero-order valence-corrected chi connectivity index (χ0v) is 22.9. The summed E-state index contributed by atoms with van der Waals surface area (Å²) in [6, 6.07) is 11.3. The van der Waals surface area contributed by atoms with Crippen molar-refractivity contribution in [2.75, 3.05) is 0 Å². The Morgan fingerprint density at radius 3 is 1.24 bits per heavy atom. The van der Waals surface area contributed by atoms with Gasteiger partial charge < -0.3 is 4.55 Å². The van der Waals surface area contributed by atoms with Crippen LogP contribution in [0, 0.1) is 0 Å². The molecule has 0 saturated carbocycles. The van der Waals surface area contributed by atoms with Crippen LogP contribution in [0.25, 0.3) is 0 Å². The van der Waals surface area contributed by atoms with Crippen LogP contribution in [0.2, 0.25) is 0 Å². The van der Waals surface area contributed by atoms with Crippen LogP contribution >= 0.6 is 6.04 Å². The van der Waals surface area contributed by atoms with Crippen molar-refractivity contribution in [3.05, 3.63) is 72.8 Å². The Bertz CT molecular complexity index is 1400. The molecule has 3 aromatic rings. The van der Waals surface area contributed by atoms with Crippen molar-refractivity contribution in [2.24, 2.45) is 0 Å². The van der Waals surface area contributed by atoms with E-state index in [0.29, 0.717) is 0 Å². The third-order valence-corrected chi connectivity index (χ3v) is 11.9. The van der Waals surface area contributed by atoms with Crippen LogP contribution in [0.3, 0.4) is 0 Å². The number of hydrogen-bond donors (Lipinski definition) is 2. The van der Waals surface area contributed by atoms with E-state index in [2.05, 4.69) is 0 Å². The molecule has 33 heavy (non-hydrogen) atoms. The molecule has 0 aromatic heterocycles. The van der Waals surface area contributed by atoms with E-state index in [1.165, 1.54) is 36.4 Å². The van der Waals surface area contributed by atoms with Crippen LogP contribution in [0.5, 0.6) is 0 Å². The fourth-order valence-corrected chi connectivity index (χ4v) is 8.56. The van der Waals surface area contributed by atoms with Crippen molar-refractivity contribution in [2.45, 2.75) is 14.7 Å². The van der Waals surface area contributed by atoms with Gasteiger partial charge in [-0.2, -0.15) is 16.8 Å². The van der Waals surface area contributed by atoms with Crippen LogP contribution < -0.4 is 45.5 Å². The van der Waals surface area contributed by atoms with E-state index < -0.39 is 51.1 Å². The normalized spacial score (nSPS) is 12.7. The minimum absolute atomic E-state index is 0. The minimum atomic E-state index is -4.86. The first-order valence-electron chi connectivity index (χ1n) is 8.46. The summed E-state index contributed by atoms with van der Waals surface area (Å²) in [4.78, 5) is -1.55. The summed E-state index contributed by atoms with van der Waals surface area (Å²) in [6.07, 6.45) is 0. The molecule has 0 atom stereocenters. The first-order valence-corrected chi connectivity index (χ1v) is 15.6. The predicted molar refractivity (Wildman–Crippen MR) is 120 cm³/mol. The Morgan fingerprint density at radius 1 is 0.636 bits per heavy atom. The van der Waals surface area contributed by atoms with Gasteiger partial charge in [-0.05, 0) is 52.3 Å². The number of benzene rings is 3. The molecular weight excluding hydrogens is 542 g/mol. The van der Waals surface area contributed by atoms with Crippen LogP contribution in [-0.4, -0.2) is 38.9 Å². The van der Waals surface area contributed by atoms with E-state index >= 15 is 0 Å². The molecule has 2 N–H and O–H groups in total. The zero-order chi connectivity index (χ0) is 23.9. The third kappa shape index (κ3) is 6.19. The molecule has 9 nitrogen and oxygen atoms in total. The SMILES string of the molecule is O=S(=O)([O-])c1cccc(P(=S)(c2cccc(S(=O)(=O)O)c2)c2cccc(S(=O)(=O)O)c2)c1.[Na+]. The standard InChI is InChI=1S/C18H15O9PS4.Na/c19-30(20,21)16-7-1-4-13(10-16)28(29,14-5-2-8-17(11-14)31(22,23)24)15-6-3-9-18(12-15)32(25,26)27;/h1-12H,(H,19,20,21)(H,22,23,24)(H,25,26,27);/q;+1/p-1. The van der Waals surface area contributed by atoms with E-state index in [1.807, 2.05) is 0 Å². The van der Waals surface area contributed by atoms with Crippen molar-refractivity contribution in [1.29, 1.82) is 0 Å². The average molecular weight is 557 g/mol. The maximum absolute atomic E-state index is 11.7. The van der Waals surface area contributed by atoms with Crippen molar-refractivity contribution < 1.29 is 68.5 Å². The van der Waals surface area contributed by atoms with Crippen LogP contribution in [-0.2, 0) is 42.2 Å². The Balaban J connectivity index is 0.00000385. The Labute approximate surface area is 218 Å². The topological polar surface area (TPSA) is 166 Å². The molecule has 0 heterocycles. The molecule has 0 aliphatic carbocycles. The summed E-state index contributed by atoms with van der Waals surface area (Å²) in [5.74, 6) is 0. The first kappa shape index (κ1) is 28.3. The van der Waals surface area contributed by atoms with Gasteiger partial charge in [0.2, 0.25) is 0 Å². The van der Waals surface area contributed by atoms with Gasteiger partial charge in [0.15, 0.2) is 0 Å². The van der Waals surface area contributed by atoms with E-state index in [9.17, 15) is 38.9 Å². The summed E-state index contributed by atoms with van der Waals surface area (Å²) < 4.78 is 100. The molecule has 0 fully saturated rings. The second-order valence-corrected chi connectivity index (χ2v) is 15.1. The van der Waals surface area contributed by atoms with Gasteiger partial charge in [0, 0.05) is 6.04 Å². The van der Waals surface area contributed by atoms with Crippen LogP contribution in [0.4, 0.5) is 0 Å². The van der Waals surface area contributed by atoms with E-state index in [-0.39, 0.29) is 45.5 Å². The molecule has 0 unspecified atom stereocenters. The molecule has 170 valence electrons. The third-order valence-electron chi connectivity index (χ3n) is 4.43. The fraction of sp³-hybridized carbons (Fsp3) is 0. The summed E-state index contributed by atoms with van der Waals surface area (Å²) in [7, 11) is -14.1. The fourth-order valence-electron chi connectivity index (χ4n) is 2.96. The second kappa shape index (κ2) is 9.96. The van der Waals surface area contributed by atoms with Crippen LogP contribution in [0.1, 0.15) is 0 Å². The molecule has 0 radical (unpaired) electrons. The van der Waals surface area contributed by atoms with Crippen molar-refractivity contribution in [3.63, 3.8) is 0 Å². The Hall–Kier alpha value is -0.960. The van der Waals surface area contributed by atoms with Gasteiger partial charge in [-0.25, -0.2) is 8.42 Å². The van der Waals surface area contributed by atoms with E-state index in [4.69, 9.17) is 11.8 Å². The zero-order valence-electron chi connectivity index (χ0n) is 16.8.